The molecule has 1 aromatic carbocycles. The molecule has 5 nitrogen and oxygen atoms in total. The molecule has 0 aliphatic heterocycles. The first-order valence-electron chi connectivity index (χ1n) is 10.6. The summed E-state index contributed by atoms with van der Waals surface area (Å²) in [6.07, 6.45) is 7.26. The second-order valence-electron chi connectivity index (χ2n) is 7.67. The molecular weight excluding hydrogens is 430 g/mol. The number of hydrogen-bond acceptors (Lipinski definition) is 5. The summed E-state index contributed by atoms with van der Waals surface area (Å²) in [5, 5.41) is 3.87. The first-order chi connectivity index (χ1) is 16.0. The number of hydrogen-bond donors (Lipinski definition) is 1. The molecule has 0 saturated carbocycles. The molecule has 0 unspecified atom stereocenters. The van der Waals surface area contributed by atoms with Gasteiger partial charge in [0.1, 0.15) is 11.0 Å². The van der Waals surface area contributed by atoms with E-state index in [0.29, 0.717) is 11.7 Å². The van der Waals surface area contributed by atoms with E-state index in [9.17, 15) is 0 Å². The fourth-order valence-electron chi connectivity index (χ4n) is 3.54. The molecular formula is C27H24ClN5. The van der Waals surface area contributed by atoms with Gasteiger partial charge >= 0.3 is 0 Å². The molecule has 4 rings (SSSR count). The maximum absolute atomic E-state index is 6.03. The molecule has 0 aliphatic rings. The lowest BCUT2D eigenvalue weighted by Crippen LogP contribution is -2.04. The van der Waals surface area contributed by atoms with Crippen LogP contribution in [0.25, 0.3) is 22.9 Å². The second kappa shape index (κ2) is 10.2. The molecule has 0 spiro atoms. The van der Waals surface area contributed by atoms with Gasteiger partial charge in [0.05, 0.1) is 5.70 Å². The number of halogens is 1. The fourth-order valence-corrected chi connectivity index (χ4v) is 3.71. The van der Waals surface area contributed by atoms with E-state index in [0.717, 1.165) is 33.9 Å². The predicted octanol–water partition coefficient (Wildman–Crippen LogP) is 6.62. The molecule has 6 heteroatoms. The Hall–Kier alpha value is -3.83. The van der Waals surface area contributed by atoms with E-state index in [1.165, 1.54) is 16.7 Å². The molecule has 0 radical (unpaired) electrons. The smallest absolute Gasteiger partial charge is 0.129 e. The van der Waals surface area contributed by atoms with Crippen molar-refractivity contribution in [2.75, 3.05) is 5.32 Å². The number of anilines is 1. The molecule has 33 heavy (non-hydrogen) atoms. The Morgan fingerprint density at radius 2 is 1.70 bits per heavy atom. The van der Waals surface area contributed by atoms with E-state index in [1.54, 1.807) is 18.5 Å². The van der Waals surface area contributed by atoms with Crippen molar-refractivity contribution >= 4 is 35.9 Å². The van der Waals surface area contributed by atoms with Gasteiger partial charge in [0.2, 0.25) is 0 Å². The molecule has 0 fully saturated rings. The average molecular weight is 454 g/mol. The molecule has 0 atom stereocenters. The van der Waals surface area contributed by atoms with Gasteiger partial charge in [0.15, 0.2) is 0 Å². The Morgan fingerprint density at radius 1 is 0.939 bits per heavy atom. The lowest BCUT2D eigenvalue weighted by atomic mass is 10.0. The standard InChI is InChI=1S/C27H24ClN5/c1-18-14-23(9-11-30-18)21-6-4-20(5-7-21)17-33-27-19(2)22(8-13-32-27)15-25(29-3)24-10-12-31-26(28)16-24/h4-16H,3,17H2,1-2H3,(H,32,33)/b25-15-. The van der Waals surface area contributed by atoms with Crippen LogP contribution in [0.15, 0.2) is 78.2 Å². The third-order valence-electron chi connectivity index (χ3n) is 5.37. The average Bonchev–Trinajstić information content (AvgIpc) is 2.83. The summed E-state index contributed by atoms with van der Waals surface area (Å²) in [7, 11) is 0. The number of aryl methyl sites for hydroxylation is 1. The van der Waals surface area contributed by atoms with E-state index in [1.807, 2.05) is 44.3 Å². The summed E-state index contributed by atoms with van der Waals surface area (Å²) in [6, 6.07) is 18.2. The van der Waals surface area contributed by atoms with Gasteiger partial charge in [-0.2, -0.15) is 0 Å². The third-order valence-corrected chi connectivity index (χ3v) is 5.58. The number of pyridine rings is 3. The minimum Gasteiger partial charge on any atom is -0.366 e. The van der Waals surface area contributed by atoms with Crippen molar-refractivity contribution in [1.29, 1.82) is 0 Å². The van der Waals surface area contributed by atoms with Crippen LogP contribution in [0.2, 0.25) is 5.15 Å². The van der Waals surface area contributed by atoms with Crippen molar-refractivity contribution in [3.05, 3.63) is 106 Å². The quantitative estimate of drug-likeness (QED) is 0.252. The Kier molecular flexibility index (Phi) is 6.91. The van der Waals surface area contributed by atoms with Crippen LogP contribution >= 0.6 is 11.6 Å². The highest BCUT2D eigenvalue weighted by Crippen LogP contribution is 2.25. The van der Waals surface area contributed by atoms with Gasteiger partial charge in [0, 0.05) is 36.4 Å². The Labute approximate surface area is 199 Å². The topological polar surface area (TPSA) is 63.1 Å². The Morgan fingerprint density at radius 3 is 2.42 bits per heavy atom. The molecule has 3 heterocycles. The van der Waals surface area contributed by atoms with Crippen LogP contribution in [-0.4, -0.2) is 21.7 Å². The molecule has 0 amide bonds. The lowest BCUT2D eigenvalue weighted by molar-refractivity contribution is 1.09. The molecule has 3 aromatic heterocycles. The Balaban J connectivity index is 1.50. The van der Waals surface area contributed by atoms with Gasteiger partial charge in [-0.05, 0) is 84.8 Å². The minimum absolute atomic E-state index is 0.418. The fraction of sp³-hybridized carbons (Fsp3) is 0.111. The van der Waals surface area contributed by atoms with E-state index in [4.69, 9.17) is 11.6 Å². The van der Waals surface area contributed by atoms with Gasteiger partial charge in [-0.25, -0.2) is 9.97 Å². The summed E-state index contributed by atoms with van der Waals surface area (Å²) >= 11 is 6.03. The molecule has 164 valence electrons. The van der Waals surface area contributed by atoms with E-state index >= 15 is 0 Å². The summed E-state index contributed by atoms with van der Waals surface area (Å²) < 4.78 is 0. The van der Waals surface area contributed by atoms with Crippen molar-refractivity contribution in [3.8, 4) is 11.1 Å². The van der Waals surface area contributed by atoms with Crippen LogP contribution in [0.5, 0.6) is 0 Å². The summed E-state index contributed by atoms with van der Waals surface area (Å²) in [5.41, 5.74) is 8.14. The third kappa shape index (κ3) is 5.51. The zero-order chi connectivity index (χ0) is 23.2. The first-order valence-corrected chi connectivity index (χ1v) is 10.9. The van der Waals surface area contributed by atoms with Crippen LogP contribution in [0.3, 0.4) is 0 Å². The number of aliphatic imine (C=N–C) groups is 1. The molecule has 0 aliphatic carbocycles. The molecule has 4 aromatic rings. The van der Waals surface area contributed by atoms with Crippen LogP contribution in [0.1, 0.15) is 27.9 Å². The summed E-state index contributed by atoms with van der Waals surface area (Å²) in [5.74, 6) is 0.828. The number of nitrogens with one attached hydrogen (secondary N) is 1. The zero-order valence-electron chi connectivity index (χ0n) is 18.6. The maximum atomic E-state index is 6.03. The molecule has 1 N–H and O–H groups in total. The van der Waals surface area contributed by atoms with Crippen LogP contribution in [0, 0.1) is 13.8 Å². The number of rotatable bonds is 7. The van der Waals surface area contributed by atoms with Crippen molar-refractivity contribution in [2.24, 2.45) is 4.99 Å². The molecule has 0 saturated heterocycles. The van der Waals surface area contributed by atoms with E-state index < -0.39 is 0 Å². The van der Waals surface area contributed by atoms with Crippen molar-refractivity contribution in [2.45, 2.75) is 20.4 Å². The normalized spacial score (nSPS) is 11.3. The van der Waals surface area contributed by atoms with Gasteiger partial charge in [-0.3, -0.25) is 9.98 Å². The monoisotopic (exact) mass is 453 g/mol. The van der Waals surface area contributed by atoms with E-state index in [2.05, 4.69) is 62.3 Å². The van der Waals surface area contributed by atoms with Gasteiger partial charge < -0.3 is 5.32 Å². The predicted molar refractivity (Wildman–Crippen MR) is 137 cm³/mol. The summed E-state index contributed by atoms with van der Waals surface area (Å²) in [4.78, 5) is 17.0. The number of aromatic nitrogens is 3. The highest BCUT2D eigenvalue weighted by Gasteiger charge is 2.07. The van der Waals surface area contributed by atoms with Gasteiger partial charge in [0.25, 0.3) is 0 Å². The highest BCUT2D eigenvalue weighted by molar-refractivity contribution is 6.29. The minimum atomic E-state index is 0.418. The van der Waals surface area contributed by atoms with Gasteiger partial charge in [-0.15, -0.1) is 0 Å². The molecule has 0 bridgehead atoms. The largest absolute Gasteiger partial charge is 0.366 e. The van der Waals surface area contributed by atoms with E-state index in [-0.39, 0.29) is 0 Å². The summed E-state index contributed by atoms with van der Waals surface area (Å²) in [6.45, 7) is 8.42. The van der Waals surface area contributed by atoms with Crippen molar-refractivity contribution in [3.63, 3.8) is 0 Å². The number of nitrogens with zero attached hydrogens (tertiary/aromatic N) is 4. The zero-order valence-corrected chi connectivity index (χ0v) is 19.3. The number of benzene rings is 1. The lowest BCUT2D eigenvalue weighted by Gasteiger charge is -2.12. The van der Waals surface area contributed by atoms with Crippen LogP contribution in [-0.2, 0) is 6.54 Å². The van der Waals surface area contributed by atoms with Crippen LogP contribution in [0.4, 0.5) is 5.82 Å². The maximum Gasteiger partial charge on any atom is 0.129 e. The van der Waals surface area contributed by atoms with Crippen LogP contribution < -0.4 is 5.32 Å². The van der Waals surface area contributed by atoms with Gasteiger partial charge in [-0.1, -0.05) is 35.9 Å². The van der Waals surface area contributed by atoms with Crippen molar-refractivity contribution in [1.82, 2.24) is 15.0 Å². The highest BCUT2D eigenvalue weighted by atomic mass is 35.5. The Bertz CT molecular complexity index is 1310. The SMILES string of the molecule is C=N/C(=C\c1ccnc(NCc2ccc(-c3ccnc(C)c3)cc2)c1C)c1ccnc(Cl)c1. The first kappa shape index (κ1) is 22.4. The van der Waals surface area contributed by atoms with Crippen molar-refractivity contribution < 1.29 is 0 Å². The second-order valence-corrected chi connectivity index (χ2v) is 8.05.